The van der Waals surface area contributed by atoms with Crippen LogP contribution in [0.2, 0.25) is 0 Å². The van der Waals surface area contributed by atoms with Gasteiger partial charge in [0.05, 0.1) is 25.3 Å². The summed E-state index contributed by atoms with van der Waals surface area (Å²) in [7, 11) is 1.66. The number of nitriles is 1. The van der Waals surface area contributed by atoms with Gasteiger partial charge in [0.2, 0.25) is 0 Å². The molecule has 1 aromatic carbocycles. The minimum atomic E-state index is 0.375. The number of rotatable bonds is 3. The van der Waals surface area contributed by atoms with Crippen molar-refractivity contribution in [1.29, 1.82) is 5.26 Å². The summed E-state index contributed by atoms with van der Waals surface area (Å²) < 4.78 is 5.22. The van der Waals surface area contributed by atoms with Crippen LogP contribution in [0.1, 0.15) is 10.6 Å². The number of methoxy groups -OCH3 is 1. The molecule has 1 heterocycles. The van der Waals surface area contributed by atoms with Gasteiger partial charge in [0.1, 0.15) is 10.8 Å². The standard InChI is InChI=1S/C13H12N2OS/c1-9-7-10(3-4-12(9)16-2)11-8-17-13(15-11)5-6-14/h3-4,7-8H,5H2,1-2H3. The van der Waals surface area contributed by atoms with Gasteiger partial charge in [-0.25, -0.2) is 4.98 Å². The van der Waals surface area contributed by atoms with E-state index in [9.17, 15) is 0 Å². The molecule has 0 aliphatic heterocycles. The molecular weight excluding hydrogens is 232 g/mol. The Kier molecular flexibility index (Phi) is 3.40. The van der Waals surface area contributed by atoms with E-state index in [0.29, 0.717) is 6.42 Å². The van der Waals surface area contributed by atoms with E-state index in [2.05, 4.69) is 11.1 Å². The molecule has 0 saturated heterocycles. The van der Waals surface area contributed by atoms with Gasteiger partial charge in [0.25, 0.3) is 0 Å². The first kappa shape index (κ1) is 11.6. The number of hydrogen-bond acceptors (Lipinski definition) is 4. The number of nitrogens with zero attached hydrogens (tertiary/aromatic N) is 2. The van der Waals surface area contributed by atoms with Crippen LogP contribution in [-0.4, -0.2) is 12.1 Å². The van der Waals surface area contributed by atoms with Crippen molar-refractivity contribution in [2.75, 3.05) is 7.11 Å². The van der Waals surface area contributed by atoms with E-state index < -0.39 is 0 Å². The summed E-state index contributed by atoms with van der Waals surface area (Å²) in [6.07, 6.45) is 0.375. The third kappa shape index (κ3) is 2.45. The van der Waals surface area contributed by atoms with Crippen LogP contribution in [0.4, 0.5) is 0 Å². The van der Waals surface area contributed by atoms with E-state index in [1.807, 2.05) is 30.5 Å². The van der Waals surface area contributed by atoms with Gasteiger partial charge in [-0.1, -0.05) is 0 Å². The van der Waals surface area contributed by atoms with Gasteiger partial charge in [-0.3, -0.25) is 0 Å². The van der Waals surface area contributed by atoms with E-state index in [1.54, 1.807) is 7.11 Å². The molecule has 0 fully saturated rings. The monoisotopic (exact) mass is 244 g/mol. The molecule has 0 saturated carbocycles. The summed E-state index contributed by atoms with van der Waals surface area (Å²) in [5, 5.41) is 11.4. The summed E-state index contributed by atoms with van der Waals surface area (Å²) in [5.41, 5.74) is 3.06. The molecule has 0 spiro atoms. The largest absolute Gasteiger partial charge is 0.496 e. The van der Waals surface area contributed by atoms with Crippen LogP contribution in [0.15, 0.2) is 23.6 Å². The number of benzene rings is 1. The highest BCUT2D eigenvalue weighted by atomic mass is 32.1. The van der Waals surface area contributed by atoms with Gasteiger partial charge in [-0.05, 0) is 30.7 Å². The first-order chi connectivity index (χ1) is 8.24. The van der Waals surface area contributed by atoms with Crippen molar-refractivity contribution in [3.8, 4) is 23.1 Å². The van der Waals surface area contributed by atoms with Crippen LogP contribution in [0.25, 0.3) is 11.3 Å². The first-order valence-electron chi connectivity index (χ1n) is 5.21. The maximum absolute atomic E-state index is 8.61. The second kappa shape index (κ2) is 4.98. The summed E-state index contributed by atoms with van der Waals surface area (Å²) >= 11 is 1.52. The zero-order valence-corrected chi connectivity index (χ0v) is 10.5. The van der Waals surface area contributed by atoms with Gasteiger partial charge >= 0.3 is 0 Å². The molecule has 0 atom stereocenters. The van der Waals surface area contributed by atoms with E-state index in [0.717, 1.165) is 27.6 Å². The van der Waals surface area contributed by atoms with Gasteiger partial charge in [0.15, 0.2) is 0 Å². The summed E-state index contributed by atoms with van der Waals surface area (Å²) in [5.74, 6) is 0.876. The molecule has 3 nitrogen and oxygen atoms in total. The van der Waals surface area contributed by atoms with Crippen LogP contribution in [-0.2, 0) is 6.42 Å². The Morgan fingerprint density at radius 3 is 2.94 bits per heavy atom. The molecule has 86 valence electrons. The molecule has 4 heteroatoms. The smallest absolute Gasteiger partial charge is 0.121 e. The van der Waals surface area contributed by atoms with Crippen molar-refractivity contribution >= 4 is 11.3 Å². The second-order valence-corrected chi connectivity index (χ2v) is 4.59. The van der Waals surface area contributed by atoms with Crippen molar-refractivity contribution < 1.29 is 4.74 Å². The average molecular weight is 244 g/mol. The lowest BCUT2D eigenvalue weighted by Crippen LogP contribution is -1.88. The first-order valence-corrected chi connectivity index (χ1v) is 6.09. The van der Waals surface area contributed by atoms with Gasteiger partial charge in [0, 0.05) is 10.9 Å². The highest BCUT2D eigenvalue weighted by Gasteiger charge is 2.06. The molecular formula is C13H12N2OS. The number of ether oxygens (including phenoxy) is 1. The quantitative estimate of drug-likeness (QED) is 0.833. The lowest BCUT2D eigenvalue weighted by Gasteiger charge is -2.05. The maximum atomic E-state index is 8.61. The molecule has 2 rings (SSSR count). The Labute approximate surface area is 104 Å². The summed E-state index contributed by atoms with van der Waals surface area (Å²) in [6, 6.07) is 8.07. The van der Waals surface area contributed by atoms with Crippen LogP contribution in [0.3, 0.4) is 0 Å². The maximum Gasteiger partial charge on any atom is 0.121 e. The molecule has 17 heavy (non-hydrogen) atoms. The van der Waals surface area contributed by atoms with Crippen molar-refractivity contribution in [3.63, 3.8) is 0 Å². The average Bonchev–Trinajstić information content (AvgIpc) is 2.78. The van der Waals surface area contributed by atoms with E-state index in [-0.39, 0.29) is 0 Å². The van der Waals surface area contributed by atoms with Crippen LogP contribution in [0.5, 0.6) is 5.75 Å². The molecule has 2 aromatic rings. The van der Waals surface area contributed by atoms with Gasteiger partial charge < -0.3 is 4.74 Å². The van der Waals surface area contributed by atoms with Gasteiger partial charge in [-0.2, -0.15) is 5.26 Å². The van der Waals surface area contributed by atoms with E-state index in [4.69, 9.17) is 10.00 Å². The minimum absolute atomic E-state index is 0.375. The molecule has 0 aliphatic rings. The van der Waals surface area contributed by atoms with Crippen LogP contribution < -0.4 is 4.74 Å². The lowest BCUT2D eigenvalue weighted by molar-refractivity contribution is 0.412. The van der Waals surface area contributed by atoms with Gasteiger partial charge in [-0.15, -0.1) is 11.3 Å². The van der Waals surface area contributed by atoms with Crippen molar-refractivity contribution in [2.45, 2.75) is 13.3 Å². The summed E-state index contributed by atoms with van der Waals surface area (Å²) in [6.45, 7) is 2.00. The van der Waals surface area contributed by atoms with Crippen molar-refractivity contribution in [2.24, 2.45) is 0 Å². The Morgan fingerprint density at radius 1 is 1.47 bits per heavy atom. The number of hydrogen-bond donors (Lipinski definition) is 0. The second-order valence-electron chi connectivity index (χ2n) is 3.65. The zero-order chi connectivity index (χ0) is 12.3. The fraction of sp³-hybridized carbons (Fsp3) is 0.231. The molecule has 0 amide bonds. The van der Waals surface area contributed by atoms with E-state index in [1.165, 1.54) is 11.3 Å². The fourth-order valence-corrected chi connectivity index (χ4v) is 2.37. The van der Waals surface area contributed by atoms with Crippen LogP contribution in [0, 0.1) is 18.3 Å². The van der Waals surface area contributed by atoms with Crippen LogP contribution >= 0.6 is 11.3 Å². The number of thiazole rings is 1. The Bertz CT molecular complexity index is 569. The third-order valence-corrected chi connectivity index (χ3v) is 3.32. The molecule has 0 unspecified atom stereocenters. The predicted octanol–water partition coefficient (Wildman–Crippen LogP) is 3.19. The number of aromatic nitrogens is 1. The fourth-order valence-electron chi connectivity index (χ4n) is 1.63. The predicted molar refractivity (Wildman–Crippen MR) is 68.2 cm³/mol. The third-order valence-electron chi connectivity index (χ3n) is 2.47. The highest BCUT2D eigenvalue weighted by molar-refractivity contribution is 7.10. The lowest BCUT2D eigenvalue weighted by atomic mass is 10.1. The normalized spacial score (nSPS) is 9.94. The van der Waals surface area contributed by atoms with E-state index >= 15 is 0 Å². The molecule has 0 N–H and O–H groups in total. The molecule has 0 bridgehead atoms. The van der Waals surface area contributed by atoms with Crippen molar-refractivity contribution in [3.05, 3.63) is 34.2 Å². The highest BCUT2D eigenvalue weighted by Crippen LogP contribution is 2.27. The Morgan fingerprint density at radius 2 is 2.29 bits per heavy atom. The number of aryl methyl sites for hydroxylation is 1. The molecule has 0 radical (unpaired) electrons. The SMILES string of the molecule is COc1ccc(-c2csc(CC#N)n2)cc1C. The minimum Gasteiger partial charge on any atom is -0.496 e. The summed E-state index contributed by atoms with van der Waals surface area (Å²) in [4.78, 5) is 4.42. The topological polar surface area (TPSA) is 45.9 Å². The zero-order valence-electron chi connectivity index (χ0n) is 9.73. The molecule has 0 aliphatic carbocycles. The Balaban J connectivity index is 2.33. The van der Waals surface area contributed by atoms with Crippen molar-refractivity contribution in [1.82, 2.24) is 4.98 Å². The molecule has 1 aromatic heterocycles. The Hall–Kier alpha value is -1.86.